The average molecular weight is 243 g/mol. The highest BCUT2D eigenvalue weighted by Crippen LogP contribution is 2.22. The lowest BCUT2D eigenvalue weighted by Crippen LogP contribution is -1.94. The largest absolute Gasteiger partial charge is 0.436 e. The van der Waals surface area contributed by atoms with Crippen molar-refractivity contribution in [1.29, 1.82) is 0 Å². The Balaban J connectivity index is 2.26. The Labute approximate surface area is 94.7 Å². The second kappa shape index (κ2) is 4.40. The first-order chi connectivity index (χ1) is 7.65. The summed E-state index contributed by atoms with van der Waals surface area (Å²) in [4.78, 5) is 6.99. The number of benzene rings is 1. The van der Waals surface area contributed by atoms with E-state index in [4.69, 9.17) is 16.3 Å². The van der Waals surface area contributed by atoms with Crippen LogP contribution in [0.15, 0.2) is 30.5 Å². The number of halogens is 3. The molecule has 0 aliphatic heterocycles. The fourth-order valence-electron chi connectivity index (χ4n) is 1.02. The smallest absolute Gasteiger partial charge is 0.260 e. The summed E-state index contributed by atoms with van der Waals surface area (Å²) < 4.78 is 30.8. The molecule has 0 radical (unpaired) electrons. The van der Waals surface area contributed by atoms with Crippen LogP contribution in [-0.2, 0) is 0 Å². The Bertz CT molecular complexity index is 505. The van der Waals surface area contributed by atoms with E-state index in [1.165, 1.54) is 24.3 Å². The Morgan fingerprint density at radius 3 is 2.50 bits per heavy atom. The molecule has 0 saturated heterocycles. The van der Waals surface area contributed by atoms with Gasteiger partial charge in [0.1, 0.15) is 11.6 Å². The zero-order chi connectivity index (χ0) is 11.5. The highest BCUT2D eigenvalue weighted by molar-refractivity contribution is 6.28. The van der Waals surface area contributed by atoms with E-state index in [0.717, 1.165) is 6.20 Å². The van der Waals surface area contributed by atoms with Crippen LogP contribution in [-0.4, -0.2) is 9.97 Å². The number of rotatable bonds is 2. The van der Waals surface area contributed by atoms with E-state index in [0.29, 0.717) is 0 Å². The number of ether oxygens (including phenoxy) is 1. The Morgan fingerprint density at radius 1 is 1.12 bits per heavy atom. The summed E-state index contributed by atoms with van der Waals surface area (Å²) in [6.45, 7) is 0. The van der Waals surface area contributed by atoms with Gasteiger partial charge in [0.05, 0.1) is 6.20 Å². The molecule has 1 aromatic heterocycles. The van der Waals surface area contributed by atoms with Crippen LogP contribution in [0.5, 0.6) is 11.6 Å². The quantitative estimate of drug-likeness (QED) is 0.759. The lowest BCUT2D eigenvalue weighted by atomic mass is 10.3. The van der Waals surface area contributed by atoms with Crippen molar-refractivity contribution in [3.05, 3.63) is 47.4 Å². The van der Waals surface area contributed by atoms with E-state index in [9.17, 15) is 8.78 Å². The molecule has 0 amide bonds. The molecular weight excluding hydrogens is 238 g/mol. The minimum absolute atomic E-state index is 0.126. The fourth-order valence-corrected chi connectivity index (χ4v) is 1.14. The Morgan fingerprint density at radius 2 is 1.81 bits per heavy atom. The molecule has 0 atom stereocenters. The fraction of sp³-hybridized carbons (Fsp3) is 0. The summed E-state index contributed by atoms with van der Waals surface area (Å²) in [6.07, 6.45) is 0.897. The van der Waals surface area contributed by atoms with E-state index < -0.39 is 11.6 Å². The van der Waals surface area contributed by atoms with Crippen LogP contribution >= 0.6 is 11.6 Å². The summed E-state index contributed by atoms with van der Waals surface area (Å²) in [7, 11) is 0. The average Bonchev–Trinajstić information content (AvgIpc) is 2.27. The third-order valence-corrected chi connectivity index (χ3v) is 1.89. The predicted octanol–water partition coefficient (Wildman–Crippen LogP) is 3.20. The monoisotopic (exact) mass is 242 g/mol. The Kier molecular flexibility index (Phi) is 2.96. The maximum atomic E-state index is 13.2. The zero-order valence-electron chi connectivity index (χ0n) is 7.82. The minimum Gasteiger partial charge on any atom is -0.436 e. The first kappa shape index (κ1) is 10.8. The summed E-state index contributed by atoms with van der Waals surface area (Å²) in [6, 6.07) is 5.08. The van der Waals surface area contributed by atoms with Gasteiger partial charge in [-0.15, -0.1) is 0 Å². The third kappa shape index (κ3) is 2.43. The SMILES string of the molecule is Fc1ccc(Oc2nc(Cl)ncc2F)cc1. The Hall–Kier alpha value is -1.75. The van der Waals surface area contributed by atoms with E-state index in [2.05, 4.69) is 9.97 Å². The number of nitrogens with zero attached hydrogens (tertiary/aromatic N) is 2. The van der Waals surface area contributed by atoms with Gasteiger partial charge >= 0.3 is 0 Å². The number of hydrogen-bond donors (Lipinski definition) is 0. The lowest BCUT2D eigenvalue weighted by Gasteiger charge is -2.04. The van der Waals surface area contributed by atoms with E-state index in [1.54, 1.807) is 0 Å². The first-order valence-electron chi connectivity index (χ1n) is 4.26. The molecule has 2 rings (SSSR count). The van der Waals surface area contributed by atoms with Gasteiger partial charge in [-0.25, -0.2) is 9.37 Å². The van der Waals surface area contributed by atoms with Gasteiger partial charge in [0.15, 0.2) is 0 Å². The van der Waals surface area contributed by atoms with E-state index in [-0.39, 0.29) is 16.9 Å². The van der Waals surface area contributed by atoms with Crippen LogP contribution < -0.4 is 4.74 Å². The molecular formula is C10H5ClF2N2O. The van der Waals surface area contributed by atoms with Crippen molar-refractivity contribution in [2.45, 2.75) is 0 Å². The van der Waals surface area contributed by atoms with Gasteiger partial charge in [0, 0.05) is 0 Å². The number of aromatic nitrogens is 2. The first-order valence-corrected chi connectivity index (χ1v) is 4.64. The standard InChI is InChI=1S/C10H5ClF2N2O/c11-10-14-5-8(13)9(15-10)16-7-3-1-6(12)2-4-7/h1-5H. The summed E-state index contributed by atoms with van der Waals surface area (Å²) in [5.74, 6) is -1.19. The molecule has 1 heterocycles. The summed E-state index contributed by atoms with van der Waals surface area (Å²) in [5.41, 5.74) is 0. The van der Waals surface area contributed by atoms with Gasteiger partial charge in [0.25, 0.3) is 5.88 Å². The molecule has 82 valence electrons. The van der Waals surface area contributed by atoms with Crippen LogP contribution in [0.3, 0.4) is 0 Å². The molecule has 0 bridgehead atoms. The molecule has 0 spiro atoms. The maximum Gasteiger partial charge on any atom is 0.260 e. The van der Waals surface area contributed by atoms with Gasteiger partial charge in [-0.3, -0.25) is 0 Å². The van der Waals surface area contributed by atoms with E-state index in [1.807, 2.05) is 0 Å². The molecule has 6 heteroatoms. The van der Waals surface area contributed by atoms with Crippen molar-refractivity contribution in [3.63, 3.8) is 0 Å². The topological polar surface area (TPSA) is 35.0 Å². The van der Waals surface area contributed by atoms with Crippen molar-refractivity contribution >= 4 is 11.6 Å². The molecule has 16 heavy (non-hydrogen) atoms. The number of hydrogen-bond acceptors (Lipinski definition) is 3. The highest BCUT2D eigenvalue weighted by Gasteiger charge is 2.08. The predicted molar refractivity (Wildman–Crippen MR) is 53.5 cm³/mol. The van der Waals surface area contributed by atoms with Gasteiger partial charge in [0.2, 0.25) is 11.1 Å². The van der Waals surface area contributed by atoms with Gasteiger partial charge in [-0.1, -0.05) is 0 Å². The van der Waals surface area contributed by atoms with Crippen LogP contribution in [0.4, 0.5) is 8.78 Å². The zero-order valence-corrected chi connectivity index (χ0v) is 8.58. The molecule has 0 N–H and O–H groups in total. The highest BCUT2D eigenvalue weighted by atomic mass is 35.5. The van der Waals surface area contributed by atoms with Crippen LogP contribution in [0, 0.1) is 11.6 Å². The molecule has 0 unspecified atom stereocenters. The molecule has 1 aromatic carbocycles. The molecule has 0 saturated carbocycles. The van der Waals surface area contributed by atoms with Gasteiger partial charge in [-0.2, -0.15) is 9.37 Å². The van der Waals surface area contributed by atoms with Crippen molar-refractivity contribution in [3.8, 4) is 11.6 Å². The lowest BCUT2D eigenvalue weighted by molar-refractivity contribution is 0.419. The van der Waals surface area contributed by atoms with Gasteiger partial charge in [-0.05, 0) is 35.9 Å². The van der Waals surface area contributed by atoms with Crippen LogP contribution in [0.2, 0.25) is 5.28 Å². The van der Waals surface area contributed by atoms with Crippen molar-refractivity contribution in [2.24, 2.45) is 0 Å². The molecule has 3 nitrogen and oxygen atoms in total. The van der Waals surface area contributed by atoms with Crippen LogP contribution in [0.1, 0.15) is 0 Å². The van der Waals surface area contributed by atoms with Gasteiger partial charge < -0.3 is 4.74 Å². The second-order valence-corrected chi connectivity index (χ2v) is 3.19. The molecule has 0 aliphatic carbocycles. The van der Waals surface area contributed by atoms with Crippen LogP contribution in [0.25, 0.3) is 0 Å². The van der Waals surface area contributed by atoms with E-state index >= 15 is 0 Å². The summed E-state index contributed by atoms with van der Waals surface area (Å²) in [5, 5.41) is -0.126. The maximum absolute atomic E-state index is 13.2. The molecule has 0 aliphatic rings. The second-order valence-electron chi connectivity index (χ2n) is 2.85. The molecule has 2 aromatic rings. The molecule has 0 fully saturated rings. The third-order valence-electron chi connectivity index (χ3n) is 1.71. The van der Waals surface area contributed by atoms with Crippen molar-refractivity contribution in [2.75, 3.05) is 0 Å². The van der Waals surface area contributed by atoms with Crippen molar-refractivity contribution in [1.82, 2.24) is 9.97 Å². The minimum atomic E-state index is -0.742. The normalized spacial score (nSPS) is 10.2. The van der Waals surface area contributed by atoms with Crippen molar-refractivity contribution < 1.29 is 13.5 Å². The summed E-state index contributed by atoms with van der Waals surface area (Å²) >= 11 is 5.48.